The van der Waals surface area contributed by atoms with Crippen LogP contribution in [0.2, 0.25) is 10.0 Å². The van der Waals surface area contributed by atoms with Gasteiger partial charge in [-0.3, -0.25) is 0 Å². The highest BCUT2D eigenvalue weighted by Gasteiger charge is 2.05. The average Bonchev–Trinajstić information content (AvgIpc) is 2.36. The lowest BCUT2D eigenvalue weighted by Crippen LogP contribution is -2.12. The fourth-order valence-electron chi connectivity index (χ4n) is 2.07. The van der Waals surface area contributed by atoms with Gasteiger partial charge in [-0.25, -0.2) is 0 Å². The van der Waals surface area contributed by atoms with Gasteiger partial charge in [0, 0.05) is 22.3 Å². The molecule has 4 heteroatoms. The minimum absolute atomic E-state index is 0.579. The van der Waals surface area contributed by atoms with Crippen molar-refractivity contribution in [1.29, 1.82) is 0 Å². The van der Waals surface area contributed by atoms with Crippen LogP contribution in [0.4, 0.5) is 5.69 Å². The van der Waals surface area contributed by atoms with Gasteiger partial charge in [0.1, 0.15) is 12.4 Å². The molecule has 0 bridgehead atoms. The van der Waals surface area contributed by atoms with E-state index in [2.05, 4.69) is 5.32 Å². The maximum atomic E-state index is 6.00. The quantitative estimate of drug-likeness (QED) is 0.776. The summed E-state index contributed by atoms with van der Waals surface area (Å²) >= 11 is 11.9. The van der Waals surface area contributed by atoms with Gasteiger partial charge in [0.25, 0.3) is 0 Å². The lowest BCUT2D eigenvalue weighted by Gasteiger charge is -2.13. The van der Waals surface area contributed by atoms with Crippen LogP contribution in [0.3, 0.4) is 0 Å². The van der Waals surface area contributed by atoms with E-state index < -0.39 is 0 Å². The molecular formula is C16H17Cl2NO. The van der Waals surface area contributed by atoms with Gasteiger partial charge in [0.2, 0.25) is 0 Å². The van der Waals surface area contributed by atoms with E-state index in [-0.39, 0.29) is 0 Å². The zero-order valence-electron chi connectivity index (χ0n) is 11.5. The Morgan fingerprint density at radius 3 is 2.35 bits per heavy atom. The second-order valence-corrected chi connectivity index (χ2v) is 5.53. The predicted molar refractivity (Wildman–Crippen MR) is 86.4 cm³/mol. The van der Waals surface area contributed by atoms with Crippen molar-refractivity contribution in [3.63, 3.8) is 0 Å². The number of benzene rings is 2. The highest BCUT2D eigenvalue weighted by Crippen LogP contribution is 2.26. The van der Waals surface area contributed by atoms with Gasteiger partial charge in [-0.1, -0.05) is 29.3 Å². The third-order valence-electron chi connectivity index (χ3n) is 2.93. The van der Waals surface area contributed by atoms with Gasteiger partial charge in [-0.2, -0.15) is 0 Å². The van der Waals surface area contributed by atoms with Crippen molar-refractivity contribution in [2.45, 2.75) is 13.8 Å². The van der Waals surface area contributed by atoms with E-state index in [0.717, 1.165) is 32.6 Å². The Kier molecular flexibility index (Phi) is 5.16. The van der Waals surface area contributed by atoms with Crippen molar-refractivity contribution in [2.24, 2.45) is 0 Å². The number of halogens is 2. The summed E-state index contributed by atoms with van der Waals surface area (Å²) in [6.45, 7) is 5.29. The fraction of sp³-hybridized carbons (Fsp3) is 0.250. The maximum absolute atomic E-state index is 6.00. The van der Waals surface area contributed by atoms with Crippen LogP contribution >= 0.6 is 23.2 Å². The molecule has 0 spiro atoms. The largest absolute Gasteiger partial charge is 0.491 e. The van der Waals surface area contributed by atoms with Crippen molar-refractivity contribution in [3.05, 3.63) is 57.6 Å². The molecule has 2 aromatic rings. The van der Waals surface area contributed by atoms with E-state index in [1.807, 2.05) is 50.2 Å². The molecule has 0 aliphatic rings. The number of nitrogens with one attached hydrogen (secondary N) is 1. The molecule has 0 fully saturated rings. The zero-order chi connectivity index (χ0) is 14.5. The Hall–Kier alpha value is -1.38. The molecule has 2 nitrogen and oxygen atoms in total. The molecule has 0 amide bonds. The molecule has 2 rings (SSSR count). The van der Waals surface area contributed by atoms with E-state index in [0.29, 0.717) is 13.2 Å². The fourth-order valence-corrected chi connectivity index (χ4v) is 2.59. The van der Waals surface area contributed by atoms with Crippen LogP contribution in [0.15, 0.2) is 36.4 Å². The van der Waals surface area contributed by atoms with Gasteiger partial charge in [-0.15, -0.1) is 0 Å². The van der Waals surface area contributed by atoms with Crippen LogP contribution in [0.1, 0.15) is 11.1 Å². The normalized spacial score (nSPS) is 10.4. The molecule has 0 aromatic heterocycles. The molecule has 1 N–H and O–H groups in total. The summed E-state index contributed by atoms with van der Waals surface area (Å²) in [5, 5.41) is 4.73. The van der Waals surface area contributed by atoms with Crippen LogP contribution < -0.4 is 10.1 Å². The number of anilines is 1. The smallest absolute Gasteiger partial charge is 0.125 e. The monoisotopic (exact) mass is 309 g/mol. The van der Waals surface area contributed by atoms with Crippen molar-refractivity contribution in [3.8, 4) is 5.75 Å². The van der Waals surface area contributed by atoms with Gasteiger partial charge in [-0.05, 0) is 55.3 Å². The van der Waals surface area contributed by atoms with Crippen molar-refractivity contribution in [1.82, 2.24) is 0 Å². The molecule has 0 heterocycles. The van der Waals surface area contributed by atoms with Crippen molar-refractivity contribution < 1.29 is 4.74 Å². The summed E-state index contributed by atoms with van der Waals surface area (Å²) in [7, 11) is 0. The highest BCUT2D eigenvalue weighted by molar-refractivity contribution is 6.31. The van der Waals surface area contributed by atoms with Crippen molar-refractivity contribution in [2.75, 3.05) is 18.5 Å². The number of rotatable bonds is 5. The maximum Gasteiger partial charge on any atom is 0.125 e. The number of hydrogen-bond acceptors (Lipinski definition) is 2. The van der Waals surface area contributed by atoms with Crippen LogP contribution in [0, 0.1) is 13.8 Å². The molecule has 0 saturated carbocycles. The first-order chi connectivity index (χ1) is 9.56. The molecule has 0 saturated heterocycles. The van der Waals surface area contributed by atoms with Gasteiger partial charge in [0.05, 0.1) is 0 Å². The first-order valence-electron chi connectivity index (χ1n) is 6.45. The van der Waals surface area contributed by atoms with Crippen LogP contribution in [-0.4, -0.2) is 13.2 Å². The molecule has 0 unspecified atom stereocenters. The second kappa shape index (κ2) is 6.87. The third-order valence-corrected chi connectivity index (χ3v) is 3.38. The number of ether oxygens (including phenoxy) is 1. The molecule has 0 aliphatic heterocycles. The Balaban J connectivity index is 1.88. The van der Waals surface area contributed by atoms with E-state index in [1.54, 1.807) is 0 Å². The summed E-state index contributed by atoms with van der Waals surface area (Å²) in [4.78, 5) is 0. The van der Waals surface area contributed by atoms with Crippen LogP contribution in [0.5, 0.6) is 5.75 Å². The summed E-state index contributed by atoms with van der Waals surface area (Å²) in [5.41, 5.74) is 3.10. The number of hydrogen-bond donors (Lipinski definition) is 1. The Morgan fingerprint density at radius 2 is 1.70 bits per heavy atom. The first kappa shape index (κ1) is 15.0. The van der Waals surface area contributed by atoms with E-state index >= 15 is 0 Å². The van der Waals surface area contributed by atoms with Gasteiger partial charge in [0.15, 0.2) is 0 Å². The molecule has 0 radical (unpaired) electrons. The summed E-state index contributed by atoms with van der Waals surface area (Å²) in [6.07, 6.45) is 0. The second-order valence-electron chi connectivity index (χ2n) is 4.65. The standard InChI is InChI=1S/C16H17Cl2NO/c1-11-8-14(18)9-12(2)16(11)20-7-6-19-15-5-3-4-13(17)10-15/h3-5,8-10,19H,6-7H2,1-2H3. The topological polar surface area (TPSA) is 21.3 Å². The minimum Gasteiger partial charge on any atom is -0.491 e. The zero-order valence-corrected chi connectivity index (χ0v) is 13.1. The van der Waals surface area contributed by atoms with Crippen LogP contribution in [0.25, 0.3) is 0 Å². The van der Waals surface area contributed by atoms with E-state index in [1.165, 1.54) is 0 Å². The Bertz CT molecular complexity index is 576. The first-order valence-corrected chi connectivity index (χ1v) is 7.21. The van der Waals surface area contributed by atoms with E-state index in [9.17, 15) is 0 Å². The molecule has 106 valence electrons. The van der Waals surface area contributed by atoms with Gasteiger partial charge < -0.3 is 10.1 Å². The van der Waals surface area contributed by atoms with Crippen molar-refractivity contribution >= 4 is 28.9 Å². The molecule has 0 aliphatic carbocycles. The van der Waals surface area contributed by atoms with E-state index in [4.69, 9.17) is 27.9 Å². The Morgan fingerprint density at radius 1 is 1.00 bits per heavy atom. The lowest BCUT2D eigenvalue weighted by atomic mass is 10.1. The third kappa shape index (κ3) is 4.06. The number of aryl methyl sites for hydroxylation is 2. The summed E-state index contributed by atoms with van der Waals surface area (Å²) in [5.74, 6) is 0.905. The predicted octanol–water partition coefficient (Wildman–Crippen LogP) is 5.10. The molecule has 20 heavy (non-hydrogen) atoms. The summed E-state index contributed by atoms with van der Waals surface area (Å²) in [6, 6.07) is 11.5. The van der Waals surface area contributed by atoms with Crippen LogP contribution in [-0.2, 0) is 0 Å². The average molecular weight is 310 g/mol. The summed E-state index contributed by atoms with van der Waals surface area (Å²) < 4.78 is 5.82. The van der Waals surface area contributed by atoms with Gasteiger partial charge >= 0.3 is 0 Å². The highest BCUT2D eigenvalue weighted by atomic mass is 35.5. The molecule has 2 aromatic carbocycles. The lowest BCUT2D eigenvalue weighted by molar-refractivity contribution is 0.328. The Labute approximate surface area is 129 Å². The minimum atomic E-state index is 0.579. The molecule has 0 atom stereocenters. The molecular weight excluding hydrogens is 293 g/mol. The SMILES string of the molecule is Cc1cc(Cl)cc(C)c1OCCNc1cccc(Cl)c1.